The van der Waals surface area contributed by atoms with E-state index in [9.17, 15) is 4.79 Å². The van der Waals surface area contributed by atoms with Crippen molar-refractivity contribution in [3.63, 3.8) is 0 Å². The Morgan fingerprint density at radius 3 is 3.00 bits per heavy atom. The van der Waals surface area contributed by atoms with E-state index in [0.717, 1.165) is 39.5 Å². The van der Waals surface area contributed by atoms with Gasteiger partial charge in [-0.25, -0.2) is 0 Å². The summed E-state index contributed by atoms with van der Waals surface area (Å²) in [6, 6.07) is 9.43. The van der Waals surface area contributed by atoms with E-state index < -0.39 is 0 Å². The Morgan fingerprint density at radius 2 is 2.21 bits per heavy atom. The molecule has 0 fully saturated rings. The van der Waals surface area contributed by atoms with E-state index in [1.807, 2.05) is 30.3 Å². The highest BCUT2D eigenvalue weighted by Crippen LogP contribution is 2.25. The SMILES string of the molecule is COc1ccc2c(CC(=O)NCCSCc3ccco3)coc2c1. The quantitative estimate of drug-likeness (QED) is 0.632. The van der Waals surface area contributed by atoms with Gasteiger partial charge in [-0.15, -0.1) is 0 Å². The summed E-state index contributed by atoms with van der Waals surface area (Å²) < 4.78 is 15.9. The van der Waals surface area contributed by atoms with Gasteiger partial charge in [-0.1, -0.05) is 0 Å². The van der Waals surface area contributed by atoms with Crippen LogP contribution >= 0.6 is 11.8 Å². The maximum absolute atomic E-state index is 12.1. The predicted molar refractivity (Wildman–Crippen MR) is 94.3 cm³/mol. The first kappa shape index (κ1) is 16.5. The lowest BCUT2D eigenvalue weighted by Crippen LogP contribution is -2.27. The Hall–Kier alpha value is -2.34. The second kappa shape index (κ2) is 7.97. The van der Waals surface area contributed by atoms with E-state index in [2.05, 4.69) is 5.32 Å². The number of fused-ring (bicyclic) bond motifs is 1. The predicted octanol–water partition coefficient (Wildman–Crippen LogP) is 3.63. The summed E-state index contributed by atoms with van der Waals surface area (Å²) in [5.74, 6) is 3.34. The lowest BCUT2D eigenvalue weighted by Gasteiger charge is -2.04. The molecule has 5 nitrogen and oxygen atoms in total. The average Bonchev–Trinajstić information content (AvgIpc) is 3.24. The zero-order valence-electron chi connectivity index (χ0n) is 13.4. The first-order valence-electron chi connectivity index (χ1n) is 7.67. The van der Waals surface area contributed by atoms with E-state index >= 15 is 0 Å². The number of hydrogen-bond acceptors (Lipinski definition) is 5. The zero-order chi connectivity index (χ0) is 16.8. The number of hydrogen-bond donors (Lipinski definition) is 1. The number of carbonyl (C=O) groups is 1. The van der Waals surface area contributed by atoms with E-state index in [-0.39, 0.29) is 5.91 Å². The van der Waals surface area contributed by atoms with Crippen molar-refractivity contribution in [2.24, 2.45) is 0 Å². The molecule has 1 aromatic carbocycles. The van der Waals surface area contributed by atoms with Crippen LogP contribution in [0, 0.1) is 0 Å². The molecule has 0 radical (unpaired) electrons. The van der Waals surface area contributed by atoms with Crippen molar-refractivity contribution in [2.75, 3.05) is 19.4 Å². The average molecular weight is 345 g/mol. The van der Waals surface area contributed by atoms with E-state index in [4.69, 9.17) is 13.6 Å². The van der Waals surface area contributed by atoms with Crippen molar-refractivity contribution in [1.29, 1.82) is 0 Å². The van der Waals surface area contributed by atoms with Crippen molar-refractivity contribution < 1.29 is 18.4 Å². The topological polar surface area (TPSA) is 64.6 Å². The molecular weight excluding hydrogens is 326 g/mol. The monoisotopic (exact) mass is 345 g/mol. The van der Waals surface area contributed by atoms with Crippen LogP contribution in [-0.4, -0.2) is 25.3 Å². The number of carbonyl (C=O) groups excluding carboxylic acids is 1. The van der Waals surface area contributed by atoms with Gasteiger partial charge >= 0.3 is 0 Å². The second-order valence-electron chi connectivity index (χ2n) is 5.28. The summed E-state index contributed by atoms with van der Waals surface area (Å²) in [5.41, 5.74) is 1.61. The summed E-state index contributed by atoms with van der Waals surface area (Å²) in [6.45, 7) is 0.633. The number of benzene rings is 1. The largest absolute Gasteiger partial charge is 0.497 e. The smallest absolute Gasteiger partial charge is 0.224 e. The zero-order valence-corrected chi connectivity index (χ0v) is 14.2. The molecular formula is C18H19NO4S. The fraction of sp³-hybridized carbons (Fsp3) is 0.278. The van der Waals surface area contributed by atoms with Crippen LogP contribution in [0.2, 0.25) is 0 Å². The van der Waals surface area contributed by atoms with Gasteiger partial charge < -0.3 is 18.9 Å². The van der Waals surface area contributed by atoms with Gasteiger partial charge in [0.25, 0.3) is 0 Å². The van der Waals surface area contributed by atoms with Crippen LogP contribution in [0.5, 0.6) is 5.75 Å². The highest BCUT2D eigenvalue weighted by molar-refractivity contribution is 7.98. The standard InChI is InChI=1S/C18H19NO4S/c1-21-14-4-5-16-13(11-23-17(16)10-14)9-18(20)19-6-8-24-12-15-3-2-7-22-15/h2-5,7,10-11H,6,8-9,12H2,1H3,(H,19,20). The van der Waals surface area contributed by atoms with Crippen LogP contribution in [0.4, 0.5) is 0 Å². The molecule has 0 unspecified atom stereocenters. The molecule has 6 heteroatoms. The molecule has 0 aliphatic carbocycles. The van der Waals surface area contributed by atoms with Crippen molar-refractivity contribution in [1.82, 2.24) is 5.32 Å². The highest BCUT2D eigenvalue weighted by atomic mass is 32.2. The van der Waals surface area contributed by atoms with Crippen LogP contribution in [0.15, 0.2) is 51.7 Å². The van der Waals surface area contributed by atoms with Gasteiger partial charge in [0.05, 0.1) is 31.8 Å². The second-order valence-corrected chi connectivity index (χ2v) is 6.39. The van der Waals surface area contributed by atoms with Gasteiger partial charge in [-0.3, -0.25) is 4.79 Å². The maximum atomic E-state index is 12.1. The number of methoxy groups -OCH3 is 1. The molecule has 2 heterocycles. The third-order valence-electron chi connectivity index (χ3n) is 3.61. The number of thioether (sulfide) groups is 1. The third kappa shape index (κ3) is 4.14. The van der Waals surface area contributed by atoms with Crippen LogP contribution < -0.4 is 10.1 Å². The van der Waals surface area contributed by atoms with Gasteiger partial charge in [0.15, 0.2) is 0 Å². The fourth-order valence-electron chi connectivity index (χ4n) is 2.39. The van der Waals surface area contributed by atoms with E-state index in [1.165, 1.54) is 0 Å². The molecule has 3 aromatic rings. The van der Waals surface area contributed by atoms with Crippen LogP contribution in [0.3, 0.4) is 0 Å². The van der Waals surface area contributed by atoms with E-state index in [0.29, 0.717) is 13.0 Å². The lowest BCUT2D eigenvalue weighted by atomic mass is 10.1. The summed E-state index contributed by atoms with van der Waals surface area (Å²) >= 11 is 1.73. The number of nitrogens with one attached hydrogen (secondary N) is 1. The molecule has 0 aliphatic rings. The molecule has 0 spiro atoms. The summed E-state index contributed by atoms with van der Waals surface area (Å²) in [4.78, 5) is 12.1. The molecule has 24 heavy (non-hydrogen) atoms. The van der Waals surface area contributed by atoms with Gasteiger partial charge in [0.2, 0.25) is 5.91 Å². The van der Waals surface area contributed by atoms with Crippen LogP contribution in [-0.2, 0) is 17.0 Å². The first-order valence-corrected chi connectivity index (χ1v) is 8.82. The Balaban J connectivity index is 1.45. The summed E-state index contributed by atoms with van der Waals surface area (Å²) in [5, 5.41) is 3.87. The highest BCUT2D eigenvalue weighted by Gasteiger charge is 2.11. The normalized spacial score (nSPS) is 10.9. The molecule has 1 amide bonds. The molecule has 0 atom stereocenters. The van der Waals surface area contributed by atoms with Crippen molar-refractivity contribution >= 4 is 28.6 Å². The van der Waals surface area contributed by atoms with Crippen LogP contribution in [0.1, 0.15) is 11.3 Å². The van der Waals surface area contributed by atoms with Crippen molar-refractivity contribution in [2.45, 2.75) is 12.2 Å². The molecule has 0 saturated heterocycles. The Bertz CT molecular complexity index is 795. The first-order chi connectivity index (χ1) is 11.8. The Labute approximate surface area is 144 Å². The minimum Gasteiger partial charge on any atom is -0.497 e. The third-order valence-corrected chi connectivity index (χ3v) is 4.59. The van der Waals surface area contributed by atoms with Gasteiger partial charge in [0, 0.05) is 29.3 Å². The molecule has 0 bridgehead atoms. The minimum absolute atomic E-state index is 0.00730. The molecule has 0 saturated carbocycles. The molecule has 126 valence electrons. The van der Waals surface area contributed by atoms with Gasteiger partial charge in [-0.2, -0.15) is 11.8 Å². The number of furan rings is 2. The van der Waals surface area contributed by atoms with Crippen LogP contribution in [0.25, 0.3) is 11.0 Å². The molecule has 3 rings (SSSR count). The summed E-state index contributed by atoms with van der Waals surface area (Å²) in [7, 11) is 1.61. The fourth-order valence-corrected chi connectivity index (χ4v) is 3.15. The number of rotatable bonds is 8. The van der Waals surface area contributed by atoms with Gasteiger partial charge in [0.1, 0.15) is 17.1 Å². The Kier molecular flexibility index (Phi) is 5.48. The number of ether oxygens (including phenoxy) is 1. The van der Waals surface area contributed by atoms with Gasteiger partial charge in [-0.05, 0) is 24.3 Å². The maximum Gasteiger partial charge on any atom is 0.224 e. The lowest BCUT2D eigenvalue weighted by molar-refractivity contribution is -0.120. The van der Waals surface area contributed by atoms with Crippen molar-refractivity contribution in [3.05, 3.63) is 54.2 Å². The van der Waals surface area contributed by atoms with E-state index in [1.54, 1.807) is 31.4 Å². The minimum atomic E-state index is -0.00730. The molecule has 2 aromatic heterocycles. The summed E-state index contributed by atoms with van der Waals surface area (Å²) in [6.07, 6.45) is 3.61. The Morgan fingerprint density at radius 1 is 1.29 bits per heavy atom. The molecule has 1 N–H and O–H groups in total. The molecule has 0 aliphatic heterocycles. The number of amides is 1. The van der Waals surface area contributed by atoms with Crippen molar-refractivity contribution in [3.8, 4) is 5.75 Å².